The van der Waals surface area contributed by atoms with Crippen molar-refractivity contribution in [1.29, 1.82) is 0 Å². The summed E-state index contributed by atoms with van der Waals surface area (Å²) in [6, 6.07) is 15.8. The van der Waals surface area contributed by atoms with E-state index in [0.717, 1.165) is 31.9 Å². The number of halogens is 2. The normalized spacial score (nSPS) is 13.4. The van der Waals surface area contributed by atoms with Gasteiger partial charge in [0.05, 0.1) is 12.2 Å². The molecule has 41 heavy (non-hydrogen) atoms. The van der Waals surface area contributed by atoms with Gasteiger partial charge in [-0.1, -0.05) is 0 Å². The first-order chi connectivity index (χ1) is 19.9. The fourth-order valence-electron chi connectivity index (χ4n) is 4.56. The number of anilines is 4. The van der Waals surface area contributed by atoms with E-state index in [1.54, 1.807) is 48.1 Å². The lowest BCUT2D eigenvalue weighted by Gasteiger charge is -2.26. The number of nitrogens with one attached hydrogen (secondary N) is 4. The lowest BCUT2D eigenvalue weighted by molar-refractivity contribution is -0.117. The Kier molecular flexibility index (Phi) is 11.0. The molecule has 1 fully saturated rings. The molecule has 1 aromatic heterocycles. The number of aryl methyl sites for hydroxylation is 1. The first-order valence-electron chi connectivity index (χ1n) is 13.5. The monoisotopic (exact) mass is 599 g/mol. The lowest BCUT2D eigenvalue weighted by atomic mass is 10.2. The van der Waals surface area contributed by atoms with Crippen molar-refractivity contribution < 1.29 is 14.4 Å². The van der Waals surface area contributed by atoms with Crippen LogP contribution < -0.4 is 26.2 Å². The second kappa shape index (κ2) is 14.9. The van der Waals surface area contributed by atoms with Crippen LogP contribution in [0.2, 0.25) is 0 Å². The van der Waals surface area contributed by atoms with E-state index in [-0.39, 0.29) is 17.7 Å². The Morgan fingerprint density at radius 3 is 2.05 bits per heavy atom. The smallest absolute Gasteiger partial charge is 0.272 e. The van der Waals surface area contributed by atoms with Gasteiger partial charge in [-0.15, -0.1) is 23.2 Å². The van der Waals surface area contributed by atoms with Crippen molar-refractivity contribution in [2.24, 2.45) is 7.05 Å². The van der Waals surface area contributed by atoms with E-state index in [1.165, 1.54) is 0 Å². The second-order valence-corrected chi connectivity index (χ2v) is 10.5. The van der Waals surface area contributed by atoms with Gasteiger partial charge in [-0.05, 0) is 54.6 Å². The van der Waals surface area contributed by atoms with Crippen LogP contribution in [0, 0.1) is 0 Å². The molecule has 0 spiro atoms. The number of nitrogens with zero attached hydrogens (tertiary/aromatic N) is 3. The number of piperazine rings is 1. The van der Waals surface area contributed by atoms with Gasteiger partial charge < -0.3 is 30.7 Å². The SMILES string of the molecule is Cn1cc(NC(=O)c2ccc(NC(=O)CN3CCNCC3)cc2)cc1C(=O)Nc1ccc(N(CCCl)CCCl)cc1. The van der Waals surface area contributed by atoms with E-state index in [0.29, 0.717) is 59.7 Å². The molecule has 218 valence electrons. The molecule has 0 saturated carbocycles. The van der Waals surface area contributed by atoms with Crippen molar-refractivity contribution in [1.82, 2.24) is 14.8 Å². The minimum Gasteiger partial charge on any atom is -0.369 e. The number of aromatic nitrogens is 1. The third kappa shape index (κ3) is 8.71. The fraction of sp³-hybridized carbons (Fsp3) is 0.345. The van der Waals surface area contributed by atoms with Gasteiger partial charge in [-0.3, -0.25) is 19.3 Å². The van der Waals surface area contributed by atoms with Gasteiger partial charge >= 0.3 is 0 Å². The van der Waals surface area contributed by atoms with Crippen molar-refractivity contribution in [3.8, 4) is 0 Å². The van der Waals surface area contributed by atoms with Gasteiger partial charge in [0.2, 0.25) is 5.91 Å². The topological polar surface area (TPSA) is 111 Å². The van der Waals surface area contributed by atoms with Crippen molar-refractivity contribution in [2.45, 2.75) is 0 Å². The Morgan fingerprint density at radius 1 is 0.829 bits per heavy atom. The highest BCUT2D eigenvalue weighted by Gasteiger charge is 2.16. The van der Waals surface area contributed by atoms with Crippen LogP contribution in [0.5, 0.6) is 0 Å². The molecule has 0 atom stereocenters. The van der Waals surface area contributed by atoms with Crippen molar-refractivity contribution in [3.05, 3.63) is 72.1 Å². The van der Waals surface area contributed by atoms with Gasteiger partial charge in [0.1, 0.15) is 5.69 Å². The molecule has 3 amide bonds. The molecule has 1 aliphatic rings. The predicted octanol–water partition coefficient (Wildman–Crippen LogP) is 3.66. The molecule has 10 nitrogen and oxygen atoms in total. The maximum atomic E-state index is 12.9. The van der Waals surface area contributed by atoms with Crippen LogP contribution in [-0.2, 0) is 11.8 Å². The quantitative estimate of drug-likeness (QED) is 0.236. The average molecular weight is 601 g/mol. The summed E-state index contributed by atoms with van der Waals surface area (Å²) in [5, 5.41) is 11.9. The highest BCUT2D eigenvalue weighted by molar-refractivity contribution is 6.18. The molecule has 2 aromatic carbocycles. The molecule has 2 heterocycles. The fourth-order valence-corrected chi connectivity index (χ4v) is 4.97. The number of alkyl halides is 2. The Labute approximate surface area is 250 Å². The molecule has 12 heteroatoms. The van der Waals surface area contributed by atoms with Crippen LogP contribution in [0.25, 0.3) is 0 Å². The summed E-state index contributed by atoms with van der Waals surface area (Å²) in [6.07, 6.45) is 1.68. The number of benzene rings is 2. The van der Waals surface area contributed by atoms with Gasteiger partial charge in [-0.25, -0.2) is 0 Å². The molecule has 1 saturated heterocycles. The number of rotatable bonds is 12. The highest BCUT2D eigenvalue weighted by Crippen LogP contribution is 2.21. The molecular weight excluding hydrogens is 565 g/mol. The Morgan fingerprint density at radius 2 is 1.41 bits per heavy atom. The van der Waals surface area contributed by atoms with E-state index in [2.05, 4.69) is 31.1 Å². The molecule has 4 N–H and O–H groups in total. The van der Waals surface area contributed by atoms with Crippen molar-refractivity contribution >= 4 is 63.7 Å². The van der Waals surface area contributed by atoms with Gasteiger partial charge in [0, 0.05) is 86.9 Å². The number of carbonyl (C=O) groups is 3. The van der Waals surface area contributed by atoms with Crippen LogP contribution >= 0.6 is 23.2 Å². The molecular formula is C29H35Cl2N7O3. The minimum atomic E-state index is -0.324. The van der Waals surface area contributed by atoms with Gasteiger partial charge in [-0.2, -0.15) is 0 Å². The summed E-state index contributed by atoms with van der Waals surface area (Å²) in [5.41, 5.74) is 3.54. The zero-order chi connectivity index (χ0) is 29.2. The summed E-state index contributed by atoms with van der Waals surface area (Å²) in [5.74, 6) is 0.260. The van der Waals surface area contributed by atoms with E-state index in [1.807, 2.05) is 24.3 Å². The Balaban J connectivity index is 1.31. The third-order valence-corrected chi connectivity index (χ3v) is 7.04. The first kappa shape index (κ1) is 30.4. The highest BCUT2D eigenvalue weighted by atomic mass is 35.5. The zero-order valence-electron chi connectivity index (χ0n) is 23.0. The van der Waals surface area contributed by atoms with Crippen molar-refractivity contribution in [2.75, 3.05) is 78.4 Å². The number of amides is 3. The number of hydrogen-bond acceptors (Lipinski definition) is 6. The molecule has 1 aliphatic heterocycles. The minimum absolute atomic E-state index is 0.0882. The van der Waals surface area contributed by atoms with E-state index < -0.39 is 0 Å². The number of carbonyl (C=O) groups excluding carboxylic acids is 3. The molecule has 0 radical (unpaired) electrons. The predicted molar refractivity (Wildman–Crippen MR) is 166 cm³/mol. The maximum Gasteiger partial charge on any atom is 0.272 e. The third-order valence-electron chi connectivity index (χ3n) is 6.70. The van der Waals surface area contributed by atoms with Crippen LogP contribution in [0.1, 0.15) is 20.8 Å². The largest absolute Gasteiger partial charge is 0.369 e. The maximum absolute atomic E-state index is 12.9. The van der Waals surface area contributed by atoms with Crippen LogP contribution in [0.15, 0.2) is 60.8 Å². The molecule has 4 rings (SSSR count). The zero-order valence-corrected chi connectivity index (χ0v) is 24.5. The average Bonchev–Trinajstić information content (AvgIpc) is 3.34. The summed E-state index contributed by atoms with van der Waals surface area (Å²) >= 11 is 11.8. The van der Waals surface area contributed by atoms with E-state index in [4.69, 9.17) is 23.2 Å². The standard InChI is InChI=1S/C29H35Cl2N7O3/c1-36-19-24(18-26(36)29(41)34-23-6-8-25(9-7-23)38(14-10-30)15-11-31)35-28(40)21-2-4-22(5-3-21)33-27(39)20-37-16-12-32-13-17-37/h2-9,18-19,32H,10-17,20H2,1H3,(H,33,39)(H,34,41)(H,35,40). The van der Waals surface area contributed by atoms with Gasteiger partial charge in [0.15, 0.2) is 0 Å². The van der Waals surface area contributed by atoms with E-state index >= 15 is 0 Å². The molecule has 0 aliphatic carbocycles. The lowest BCUT2D eigenvalue weighted by Crippen LogP contribution is -2.46. The van der Waals surface area contributed by atoms with E-state index in [9.17, 15) is 14.4 Å². The first-order valence-corrected chi connectivity index (χ1v) is 14.5. The van der Waals surface area contributed by atoms with Crippen LogP contribution in [0.3, 0.4) is 0 Å². The number of hydrogen-bond donors (Lipinski definition) is 4. The van der Waals surface area contributed by atoms with Crippen molar-refractivity contribution in [3.63, 3.8) is 0 Å². The summed E-state index contributed by atoms with van der Waals surface area (Å²) in [4.78, 5) is 42.3. The molecule has 3 aromatic rings. The second-order valence-electron chi connectivity index (χ2n) is 9.70. The van der Waals surface area contributed by atoms with Crippen LogP contribution in [-0.4, -0.2) is 84.8 Å². The van der Waals surface area contributed by atoms with Gasteiger partial charge in [0.25, 0.3) is 11.8 Å². The molecule has 0 unspecified atom stereocenters. The Hall–Kier alpha value is -3.57. The summed E-state index contributed by atoms with van der Waals surface area (Å²) < 4.78 is 1.65. The van der Waals surface area contributed by atoms with Crippen LogP contribution in [0.4, 0.5) is 22.7 Å². The summed E-state index contributed by atoms with van der Waals surface area (Å²) in [6.45, 7) is 5.12. The summed E-state index contributed by atoms with van der Waals surface area (Å²) in [7, 11) is 1.74. The Bertz CT molecular complexity index is 1320. The molecule has 0 bridgehead atoms.